The van der Waals surface area contributed by atoms with Crippen LogP contribution in [0.5, 0.6) is 5.75 Å². The van der Waals surface area contributed by atoms with Crippen molar-refractivity contribution >= 4 is 46.3 Å². The van der Waals surface area contributed by atoms with Gasteiger partial charge in [0, 0.05) is 17.4 Å². The third-order valence-electron chi connectivity index (χ3n) is 3.57. The predicted octanol–water partition coefficient (Wildman–Crippen LogP) is 5.39. The zero-order chi connectivity index (χ0) is 18.5. The number of benzene rings is 2. The van der Waals surface area contributed by atoms with E-state index in [2.05, 4.69) is 15.6 Å². The maximum Gasteiger partial charge on any atom is 0.255 e. The first-order valence-corrected chi connectivity index (χ1v) is 8.45. The van der Waals surface area contributed by atoms with Crippen LogP contribution < -0.4 is 15.4 Å². The summed E-state index contributed by atoms with van der Waals surface area (Å²) in [7, 11) is 1.53. The standard InChI is InChI=1S/C19H15Cl2N3O2/c1-26-17-7-6-13(11-15(17)21)23-19(25)12-8-9-22-18(10-12)24-16-5-3-2-4-14(16)20/h2-11H,1H3,(H,22,24)(H,23,25). The second-order valence-corrected chi connectivity index (χ2v) is 6.15. The van der Waals surface area contributed by atoms with E-state index in [4.69, 9.17) is 27.9 Å². The Labute approximate surface area is 160 Å². The molecule has 0 radical (unpaired) electrons. The minimum Gasteiger partial charge on any atom is -0.495 e. The number of hydrogen-bond donors (Lipinski definition) is 2. The van der Waals surface area contributed by atoms with E-state index in [9.17, 15) is 4.79 Å². The van der Waals surface area contributed by atoms with Gasteiger partial charge in [-0.2, -0.15) is 0 Å². The van der Waals surface area contributed by atoms with E-state index in [0.717, 1.165) is 0 Å². The number of aromatic nitrogens is 1. The van der Waals surface area contributed by atoms with E-state index in [1.165, 1.54) is 7.11 Å². The van der Waals surface area contributed by atoms with Crippen molar-refractivity contribution in [3.63, 3.8) is 0 Å². The molecule has 7 heteroatoms. The molecule has 1 aromatic heterocycles. The Morgan fingerprint density at radius 1 is 1.04 bits per heavy atom. The minimum absolute atomic E-state index is 0.282. The lowest BCUT2D eigenvalue weighted by molar-refractivity contribution is 0.102. The van der Waals surface area contributed by atoms with Crippen LogP contribution in [0.1, 0.15) is 10.4 Å². The molecule has 1 heterocycles. The van der Waals surface area contributed by atoms with E-state index >= 15 is 0 Å². The molecule has 0 fully saturated rings. The van der Waals surface area contributed by atoms with Crippen LogP contribution in [0.4, 0.5) is 17.2 Å². The summed E-state index contributed by atoms with van der Waals surface area (Å²) in [6, 6.07) is 15.6. The second-order valence-electron chi connectivity index (χ2n) is 5.34. The van der Waals surface area contributed by atoms with Crippen molar-refractivity contribution in [1.29, 1.82) is 0 Å². The molecular weight excluding hydrogens is 373 g/mol. The summed E-state index contributed by atoms with van der Waals surface area (Å²) in [5.41, 5.74) is 1.72. The molecule has 0 spiro atoms. The molecule has 0 saturated carbocycles. The molecule has 3 rings (SSSR count). The first kappa shape index (κ1) is 18.0. The van der Waals surface area contributed by atoms with Gasteiger partial charge in [0.1, 0.15) is 11.6 Å². The average Bonchev–Trinajstić information content (AvgIpc) is 2.64. The number of carbonyl (C=O) groups excluding carboxylic acids is 1. The Balaban J connectivity index is 1.76. The van der Waals surface area contributed by atoms with Crippen LogP contribution in [0.15, 0.2) is 60.8 Å². The monoisotopic (exact) mass is 387 g/mol. The van der Waals surface area contributed by atoms with Gasteiger partial charge in [-0.05, 0) is 42.5 Å². The molecule has 0 aliphatic rings. The lowest BCUT2D eigenvalue weighted by atomic mass is 10.2. The van der Waals surface area contributed by atoms with Crippen LogP contribution in [0.2, 0.25) is 10.0 Å². The topological polar surface area (TPSA) is 63.2 Å². The van der Waals surface area contributed by atoms with Gasteiger partial charge in [0.05, 0.1) is 22.8 Å². The van der Waals surface area contributed by atoms with Gasteiger partial charge in [0.25, 0.3) is 5.91 Å². The number of hydrogen-bond acceptors (Lipinski definition) is 4. The zero-order valence-electron chi connectivity index (χ0n) is 13.8. The quantitative estimate of drug-likeness (QED) is 0.615. The molecule has 132 valence electrons. The molecule has 5 nitrogen and oxygen atoms in total. The number of nitrogens with one attached hydrogen (secondary N) is 2. The number of anilines is 3. The first-order chi connectivity index (χ1) is 12.6. The molecule has 0 aliphatic heterocycles. The van der Waals surface area contributed by atoms with Crippen molar-refractivity contribution in [2.45, 2.75) is 0 Å². The molecule has 0 unspecified atom stereocenters. The van der Waals surface area contributed by atoms with Crippen LogP contribution >= 0.6 is 23.2 Å². The lowest BCUT2D eigenvalue weighted by Gasteiger charge is -2.10. The van der Waals surface area contributed by atoms with Crippen molar-refractivity contribution < 1.29 is 9.53 Å². The SMILES string of the molecule is COc1ccc(NC(=O)c2ccnc(Nc3ccccc3Cl)c2)cc1Cl. The molecule has 2 N–H and O–H groups in total. The number of rotatable bonds is 5. The number of para-hydroxylation sites is 1. The summed E-state index contributed by atoms with van der Waals surface area (Å²) in [5.74, 6) is 0.772. The third-order valence-corrected chi connectivity index (χ3v) is 4.19. The van der Waals surface area contributed by atoms with Gasteiger partial charge < -0.3 is 15.4 Å². The fourth-order valence-electron chi connectivity index (χ4n) is 2.29. The van der Waals surface area contributed by atoms with E-state index in [1.807, 2.05) is 18.2 Å². The summed E-state index contributed by atoms with van der Waals surface area (Å²) in [6.45, 7) is 0. The molecule has 0 saturated heterocycles. The van der Waals surface area contributed by atoms with E-state index in [-0.39, 0.29) is 5.91 Å². The van der Waals surface area contributed by atoms with Crippen molar-refractivity contribution in [2.75, 3.05) is 17.7 Å². The van der Waals surface area contributed by atoms with Crippen molar-refractivity contribution in [3.8, 4) is 5.75 Å². The Morgan fingerprint density at radius 3 is 2.58 bits per heavy atom. The maximum atomic E-state index is 12.5. The fourth-order valence-corrected chi connectivity index (χ4v) is 2.73. The van der Waals surface area contributed by atoms with Crippen LogP contribution in [-0.4, -0.2) is 18.0 Å². The minimum atomic E-state index is -0.282. The number of halogens is 2. The number of ether oxygens (including phenoxy) is 1. The molecule has 3 aromatic rings. The van der Waals surface area contributed by atoms with Crippen LogP contribution in [0, 0.1) is 0 Å². The van der Waals surface area contributed by atoms with Gasteiger partial charge in [0.2, 0.25) is 0 Å². The summed E-state index contributed by atoms with van der Waals surface area (Å²) in [5, 5.41) is 6.87. The van der Waals surface area contributed by atoms with Gasteiger partial charge in [-0.3, -0.25) is 4.79 Å². The van der Waals surface area contributed by atoms with E-state index < -0.39 is 0 Å². The number of nitrogens with zero attached hydrogens (tertiary/aromatic N) is 1. The Kier molecular flexibility index (Phi) is 5.61. The molecule has 0 atom stereocenters. The summed E-state index contributed by atoms with van der Waals surface area (Å²) in [6.07, 6.45) is 1.55. The van der Waals surface area contributed by atoms with E-state index in [1.54, 1.807) is 42.6 Å². The van der Waals surface area contributed by atoms with Crippen LogP contribution in [0.25, 0.3) is 0 Å². The fraction of sp³-hybridized carbons (Fsp3) is 0.0526. The molecule has 26 heavy (non-hydrogen) atoms. The summed E-state index contributed by atoms with van der Waals surface area (Å²) in [4.78, 5) is 16.7. The second kappa shape index (κ2) is 8.08. The van der Waals surface area contributed by atoms with E-state index in [0.29, 0.717) is 38.6 Å². The molecule has 2 aromatic carbocycles. The largest absolute Gasteiger partial charge is 0.495 e. The molecular formula is C19H15Cl2N3O2. The van der Waals surface area contributed by atoms with Crippen molar-refractivity contribution in [2.24, 2.45) is 0 Å². The van der Waals surface area contributed by atoms with Crippen LogP contribution in [0.3, 0.4) is 0 Å². The molecule has 0 bridgehead atoms. The smallest absolute Gasteiger partial charge is 0.255 e. The Morgan fingerprint density at radius 2 is 1.85 bits per heavy atom. The first-order valence-electron chi connectivity index (χ1n) is 7.69. The summed E-state index contributed by atoms with van der Waals surface area (Å²) < 4.78 is 5.10. The van der Waals surface area contributed by atoms with Gasteiger partial charge in [0.15, 0.2) is 0 Å². The highest BCUT2D eigenvalue weighted by atomic mass is 35.5. The highest BCUT2D eigenvalue weighted by Gasteiger charge is 2.10. The summed E-state index contributed by atoms with van der Waals surface area (Å²) >= 11 is 12.2. The Bertz CT molecular complexity index is 948. The average molecular weight is 388 g/mol. The van der Waals surface area contributed by atoms with Gasteiger partial charge >= 0.3 is 0 Å². The maximum absolute atomic E-state index is 12.5. The zero-order valence-corrected chi connectivity index (χ0v) is 15.3. The van der Waals surface area contributed by atoms with Gasteiger partial charge in [-0.15, -0.1) is 0 Å². The molecule has 0 aliphatic carbocycles. The normalized spacial score (nSPS) is 10.3. The number of pyridine rings is 1. The highest BCUT2D eigenvalue weighted by molar-refractivity contribution is 6.33. The Hall–Kier alpha value is -2.76. The van der Waals surface area contributed by atoms with Crippen LogP contribution in [-0.2, 0) is 0 Å². The third kappa shape index (κ3) is 4.25. The van der Waals surface area contributed by atoms with Gasteiger partial charge in [-0.25, -0.2) is 4.98 Å². The number of amides is 1. The molecule has 1 amide bonds. The number of methoxy groups -OCH3 is 1. The lowest BCUT2D eigenvalue weighted by Crippen LogP contribution is -2.12. The van der Waals surface area contributed by atoms with Gasteiger partial charge in [-0.1, -0.05) is 35.3 Å². The predicted molar refractivity (Wildman–Crippen MR) is 105 cm³/mol. The van der Waals surface area contributed by atoms with Crippen molar-refractivity contribution in [1.82, 2.24) is 4.98 Å². The number of carbonyl (C=O) groups is 1. The highest BCUT2D eigenvalue weighted by Crippen LogP contribution is 2.28. The van der Waals surface area contributed by atoms with Crippen molar-refractivity contribution in [3.05, 3.63) is 76.4 Å².